The molecular formula is C14H15N5. The number of nitrogens with zero attached hydrogens (tertiary/aromatic N) is 4. The molecule has 0 saturated carbocycles. The van der Waals surface area contributed by atoms with E-state index in [9.17, 15) is 0 Å². The molecule has 19 heavy (non-hydrogen) atoms. The molecule has 0 spiro atoms. The highest BCUT2D eigenvalue weighted by Crippen LogP contribution is 2.22. The van der Waals surface area contributed by atoms with Crippen molar-refractivity contribution in [3.8, 4) is 5.69 Å². The molecule has 2 heterocycles. The van der Waals surface area contributed by atoms with E-state index in [2.05, 4.69) is 15.3 Å². The van der Waals surface area contributed by atoms with Crippen molar-refractivity contribution in [3.05, 3.63) is 48.5 Å². The van der Waals surface area contributed by atoms with Crippen molar-refractivity contribution in [2.75, 3.05) is 0 Å². The molecule has 0 aliphatic rings. The van der Waals surface area contributed by atoms with Crippen molar-refractivity contribution >= 4 is 10.8 Å². The first kappa shape index (κ1) is 11.8. The van der Waals surface area contributed by atoms with Crippen LogP contribution in [0.4, 0.5) is 0 Å². The average molecular weight is 253 g/mol. The Morgan fingerprint density at radius 2 is 2.05 bits per heavy atom. The number of nitrogens with two attached hydrogens (primary N) is 1. The maximum atomic E-state index is 6.03. The second kappa shape index (κ2) is 4.13. The molecule has 96 valence electrons. The van der Waals surface area contributed by atoms with Crippen molar-refractivity contribution in [1.29, 1.82) is 0 Å². The van der Waals surface area contributed by atoms with Gasteiger partial charge in [-0.2, -0.15) is 0 Å². The highest BCUT2D eigenvalue weighted by atomic mass is 15.4. The maximum Gasteiger partial charge on any atom is 0.102 e. The van der Waals surface area contributed by atoms with Crippen molar-refractivity contribution in [1.82, 2.24) is 20.0 Å². The van der Waals surface area contributed by atoms with Crippen LogP contribution in [0, 0.1) is 0 Å². The van der Waals surface area contributed by atoms with Gasteiger partial charge in [0.2, 0.25) is 0 Å². The fraction of sp³-hybridized carbons (Fsp3) is 0.214. The van der Waals surface area contributed by atoms with Gasteiger partial charge in [0.15, 0.2) is 0 Å². The van der Waals surface area contributed by atoms with E-state index >= 15 is 0 Å². The molecule has 0 bridgehead atoms. The lowest BCUT2D eigenvalue weighted by atomic mass is 10.0. The lowest BCUT2D eigenvalue weighted by molar-refractivity contribution is 0.533. The van der Waals surface area contributed by atoms with E-state index in [1.54, 1.807) is 10.9 Å². The van der Waals surface area contributed by atoms with Crippen molar-refractivity contribution in [2.45, 2.75) is 19.4 Å². The van der Waals surface area contributed by atoms with Crippen LogP contribution < -0.4 is 5.73 Å². The predicted molar refractivity (Wildman–Crippen MR) is 73.9 cm³/mol. The Morgan fingerprint density at radius 3 is 2.79 bits per heavy atom. The summed E-state index contributed by atoms with van der Waals surface area (Å²) in [5, 5.41) is 10.5. The minimum Gasteiger partial charge on any atom is -0.320 e. The summed E-state index contributed by atoms with van der Waals surface area (Å²) in [6, 6.07) is 8.01. The van der Waals surface area contributed by atoms with Crippen LogP contribution in [0.2, 0.25) is 0 Å². The van der Waals surface area contributed by atoms with E-state index in [0.717, 1.165) is 22.2 Å². The smallest absolute Gasteiger partial charge is 0.102 e. The summed E-state index contributed by atoms with van der Waals surface area (Å²) in [5.74, 6) is 0. The third-order valence-electron chi connectivity index (χ3n) is 3.06. The van der Waals surface area contributed by atoms with Crippen molar-refractivity contribution < 1.29 is 0 Å². The lowest BCUT2D eigenvalue weighted by Crippen LogP contribution is -2.29. The molecule has 1 aromatic carbocycles. The molecule has 2 aromatic heterocycles. The largest absolute Gasteiger partial charge is 0.320 e. The molecule has 0 fully saturated rings. The first-order valence-corrected chi connectivity index (χ1v) is 6.10. The first-order valence-electron chi connectivity index (χ1n) is 6.10. The van der Waals surface area contributed by atoms with E-state index in [0.29, 0.717) is 0 Å². The molecular weight excluding hydrogens is 238 g/mol. The van der Waals surface area contributed by atoms with Gasteiger partial charge in [-0.1, -0.05) is 17.3 Å². The van der Waals surface area contributed by atoms with Crippen LogP contribution in [0.25, 0.3) is 16.5 Å². The SMILES string of the molecule is CC(C)(N)c1cn(-c2cccc3ccncc23)nn1. The summed E-state index contributed by atoms with van der Waals surface area (Å²) in [6.45, 7) is 3.82. The Balaban J connectivity index is 2.17. The van der Waals surface area contributed by atoms with Crippen LogP contribution in [0.5, 0.6) is 0 Å². The zero-order valence-corrected chi connectivity index (χ0v) is 10.9. The van der Waals surface area contributed by atoms with Crippen molar-refractivity contribution in [2.24, 2.45) is 5.73 Å². The van der Waals surface area contributed by atoms with Gasteiger partial charge in [-0.25, -0.2) is 4.68 Å². The molecule has 0 aliphatic carbocycles. The second-order valence-corrected chi connectivity index (χ2v) is 5.14. The van der Waals surface area contributed by atoms with Crippen LogP contribution in [0.3, 0.4) is 0 Å². The minimum absolute atomic E-state index is 0.499. The highest BCUT2D eigenvalue weighted by molar-refractivity contribution is 5.89. The Bertz CT molecular complexity index is 719. The molecule has 3 aromatic rings. The maximum absolute atomic E-state index is 6.03. The van der Waals surface area contributed by atoms with Gasteiger partial charge in [0, 0.05) is 17.8 Å². The van der Waals surface area contributed by atoms with Crippen LogP contribution in [0.15, 0.2) is 42.9 Å². The van der Waals surface area contributed by atoms with Crippen LogP contribution >= 0.6 is 0 Å². The summed E-state index contributed by atoms with van der Waals surface area (Å²) in [4.78, 5) is 4.17. The Kier molecular flexibility index (Phi) is 2.57. The summed E-state index contributed by atoms with van der Waals surface area (Å²) >= 11 is 0. The summed E-state index contributed by atoms with van der Waals surface area (Å²) < 4.78 is 1.74. The number of benzene rings is 1. The molecule has 3 rings (SSSR count). The summed E-state index contributed by atoms with van der Waals surface area (Å²) in [5.41, 5.74) is 7.24. The van der Waals surface area contributed by atoms with Gasteiger partial charge >= 0.3 is 0 Å². The Labute approximate surface area is 111 Å². The zero-order chi connectivity index (χ0) is 13.5. The van der Waals surface area contributed by atoms with E-state index in [1.807, 2.05) is 50.5 Å². The third kappa shape index (κ3) is 2.08. The normalized spacial score (nSPS) is 11.9. The van der Waals surface area contributed by atoms with Gasteiger partial charge in [0.25, 0.3) is 0 Å². The zero-order valence-electron chi connectivity index (χ0n) is 10.9. The van der Waals surface area contributed by atoms with E-state index in [1.165, 1.54) is 0 Å². The highest BCUT2D eigenvalue weighted by Gasteiger charge is 2.19. The van der Waals surface area contributed by atoms with Gasteiger partial charge in [-0.3, -0.25) is 4.98 Å². The van der Waals surface area contributed by atoms with Crippen LogP contribution in [-0.4, -0.2) is 20.0 Å². The summed E-state index contributed by atoms with van der Waals surface area (Å²) in [6.07, 6.45) is 5.48. The molecule has 0 unspecified atom stereocenters. The van der Waals surface area contributed by atoms with E-state index < -0.39 is 5.54 Å². The fourth-order valence-electron chi connectivity index (χ4n) is 1.97. The van der Waals surface area contributed by atoms with Gasteiger partial charge in [-0.15, -0.1) is 5.10 Å². The van der Waals surface area contributed by atoms with Gasteiger partial charge in [0.1, 0.15) is 5.69 Å². The van der Waals surface area contributed by atoms with Gasteiger partial charge in [0.05, 0.1) is 17.4 Å². The molecule has 2 N–H and O–H groups in total. The number of aromatic nitrogens is 4. The van der Waals surface area contributed by atoms with E-state index in [-0.39, 0.29) is 0 Å². The van der Waals surface area contributed by atoms with E-state index in [4.69, 9.17) is 5.73 Å². The van der Waals surface area contributed by atoms with Gasteiger partial charge < -0.3 is 5.73 Å². The average Bonchev–Trinajstić information content (AvgIpc) is 2.87. The molecule has 0 saturated heterocycles. The standard InChI is InChI=1S/C14H15N5/c1-14(2,15)13-9-19(18-17-13)12-5-3-4-10-6-7-16-8-11(10)12/h3-9H,15H2,1-2H3. The third-order valence-corrected chi connectivity index (χ3v) is 3.06. The first-order chi connectivity index (χ1) is 9.05. The molecule has 0 radical (unpaired) electrons. The number of rotatable bonds is 2. The molecule has 0 aliphatic heterocycles. The number of hydrogen-bond donors (Lipinski definition) is 1. The number of fused-ring (bicyclic) bond motifs is 1. The minimum atomic E-state index is -0.499. The molecule has 0 amide bonds. The van der Waals surface area contributed by atoms with Crippen LogP contribution in [-0.2, 0) is 5.54 Å². The number of pyridine rings is 1. The molecule has 0 atom stereocenters. The fourth-order valence-corrected chi connectivity index (χ4v) is 1.97. The van der Waals surface area contributed by atoms with Crippen LogP contribution in [0.1, 0.15) is 19.5 Å². The number of hydrogen-bond acceptors (Lipinski definition) is 4. The summed E-state index contributed by atoms with van der Waals surface area (Å²) in [7, 11) is 0. The quantitative estimate of drug-likeness (QED) is 0.758. The molecule has 5 nitrogen and oxygen atoms in total. The second-order valence-electron chi connectivity index (χ2n) is 5.14. The lowest BCUT2D eigenvalue weighted by Gasteiger charge is -2.13. The monoisotopic (exact) mass is 253 g/mol. The Hall–Kier alpha value is -2.27. The van der Waals surface area contributed by atoms with Gasteiger partial charge in [-0.05, 0) is 31.4 Å². The molecule has 5 heteroatoms. The van der Waals surface area contributed by atoms with Crippen molar-refractivity contribution in [3.63, 3.8) is 0 Å². The predicted octanol–water partition coefficient (Wildman–Crippen LogP) is 2.01. The topological polar surface area (TPSA) is 69.6 Å². The Morgan fingerprint density at radius 1 is 1.21 bits per heavy atom.